The van der Waals surface area contributed by atoms with Crippen LogP contribution in [-0.4, -0.2) is 135 Å². The van der Waals surface area contributed by atoms with Crippen molar-refractivity contribution < 1.29 is 47.8 Å². The zero-order valence-corrected chi connectivity index (χ0v) is 38.4. The van der Waals surface area contributed by atoms with Gasteiger partial charge in [0, 0.05) is 57.3 Å². The number of nitrogens with two attached hydrogens (primary N) is 1. The van der Waals surface area contributed by atoms with E-state index in [9.17, 15) is 38.4 Å². The molecule has 0 saturated heterocycles. The molecule has 3 atom stereocenters. The Morgan fingerprint density at radius 2 is 1.27 bits per heavy atom. The van der Waals surface area contributed by atoms with Gasteiger partial charge in [-0.05, 0) is 62.3 Å². The number of hydrogen-bond acceptors (Lipinski definition) is 11. The van der Waals surface area contributed by atoms with Crippen molar-refractivity contribution in [2.45, 2.75) is 118 Å². The second-order valence-corrected chi connectivity index (χ2v) is 16.6. The van der Waals surface area contributed by atoms with E-state index < -0.39 is 73.0 Å². The van der Waals surface area contributed by atoms with E-state index in [0.29, 0.717) is 30.3 Å². The van der Waals surface area contributed by atoms with Crippen LogP contribution in [0.25, 0.3) is 0 Å². The minimum absolute atomic E-state index is 0.0262. The number of nitrogens with one attached hydrogen (secondary N) is 6. The van der Waals surface area contributed by atoms with Gasteiger partial charge in [-0.1, -0.05) is 67.5 Å². The van der Waals surface area contributed by atoms with E-state index in [4.69, 9.17) is 15.2 Å². The first-order valence-corrected chi connectivity index (χ1v) is 21.4. The molecular formula is C43H73N9O10. The van der Waals surface area contributed by atoms with Gasteiger partial charge in [-0.25, -0.2) is 9.59 Å². The molecule has 0 aliphatic rings. The molecule has 19 nitrogen and oxygen atoms in total. The van der Waals surface area contributed by atoms with Gasteiger partial charge in [0.05, 0.1) is 6.04 Å². The van der Waals surface area contributed by atoms with Crippen LogP contribution in [0.5, 0.6) is 0 Å². The summed E-state index contributed by atoms with van der Waals surface area (Å²) in [5.74, 6) is -3.40. The third-order valence-corrected chi connectivity index (χ3v) is 9.59. The second kappa shape index (κ2) is 29.1. The van der Waals surface area contributed by atoms with Gasteiger partial charge in [-0.3, -0.25) is 28.8 Å². The Morgan fingerprint density at radius 3 is 1.84 bits per heavy atom. The molecule has 0 heterocycles. The Kier molecular flexibility index (Phi) is 25.7. The number of anilines is 1. The quantitative estimate of drug-likeness (QED) is 0.0575. The smallest absolute Gasteiger partial charge is 0.409 e. The summed E-state index contributed by atoms with van der Waals surface area (Å²) in [6.45, 7) is 15.2. The first-order valence-electron chi connectivity index (χ1n) is 21.4. The van der Waals surface area contributed by atoms with E-state index in [-0.39, 0.29) is 56.1 Å². The number of nitrogens with zero attached hydrogens (tertiary/aromatic N) is 2. The Bertz CT molecular complexity index is 1600. The molecule has 0 spiro atoms. The zero-order chi connectivity index (χ0) is 46.9. The first-order chi connectivity index (χ1) is 29.1. The predicted molar refractivity (Wildman–Crippen MR) is 235 cm³/mol. The highest BCUT2D eigenvalue weighted by Gasteiger charge is 2.29. The Balaban J connectivity index is 2.83. The molecule has 62 heavy (non-hydrogen) atoms. The summed E-state index contributed by atoms with van der Waals surface area (Å²) in [6, 6.07) is 3.30. The number of ether oxygens (including phenoxy) is 2. The molecule has 0 radical (unpaired) electrons. The van der Waals surface area contributed by atoms with Crippen LogP contribution in [0.2, 0.25) is 0 Å². The van der Waals surface area contributed by atoms with Crippen molar-refractivity contribution in [1.29, 1.82) is 0 Å². The molecule has 0 saturated carbocycles. The Hall–Kier alpha value is -5.30. The third-order valence-electron chi connectivity index (χ3n) is 9.59. The van der Waals surface area contributed by atoms with Crippen LogP contribution in [0.15, 0.2) is 24.3 Å². The summed E-state index contributed by atoms with van der Waals surface area (Å²) in [4.78, 5) is 104. The number of amides is 8. The number of ketones is 1. The molecule has 0 fully saturated rings. The van der Waals surface area contributed by atoms with E-state index in [0.717, 1.165) is 19.4 Å². The Labute approximate surface area is 367 Å². The van der Waals surface area contributed by atoms with Crippen LogP contribution in [0.4, 0.5) is 15.3 Å². The summed E-state index contributed by atoms with van der Waals surface area (Å²) in [6.07, 6.45) is 1.86. The lowest BCUT2D eigenvalue weighted by Gasteiger charge is -2.25. The van der Waals surface area contributed by atoms with Gasteiger partial charge in [0.2, 0.25) is 29.5 Å². The summed E-state index contributed by atoms with van der Waals surface area (Å²) in [5.41, 5.74) is 6.21. The van der Waals surface area contributed by atoms with Crippen LogP contribution in [0, 0.1) is 17.8 Å². The van der Waals surface area contributed by atoms with Crippen molar-refractivity contribution >= 4 is 53.1 Å². The number of primary amides is 1. The molecule has 8 N–H and O–H groups in total. The van der Waals surface area contributed by atoms with Gasteiger partial charge in [0.1, 0.15) is 31.9 Å². The van der Waals surface area contributed by atoms with E-state index >= 15 is 0 Å². The third kappa shape index (κ3) is 22.5. The molecule has 1 rings (SSSR count). The molecule has 0 aromatic heterocycles. The fraction of sp³-hybridized carbons (Fsp3) is 0.674. The average molecular weight is 876 g/mol. The maximum atomic E-state index is 13.6. The van der Waals surface area contributed by atoms with Gasteiger partial charge in [-0.2, -0.15) is 0 Å². The van der Waals surface area contributed by atoms with E-state index in [1.54, 1.807) is 84.8 Å². The number of unbranched alkanes of at least 4 members (excludes halogenated alkanes) is 1. The van der Waals surface area contributed by atoms with Crippen molar-refractivity contribution in [2.75, 3.05) is 58.8 Å². The highest BCUT2D eigenvalue weighted by Crippen LogP contribution is 2.14. The number of hydrogen-bond donors (Lipinski definition) is 7. The standard InChI is InChI=1S/C43H73N9O10/c1-27(2)37(50-36(54)26-61-25-35(53)48-33(38(55)28(3)4)14-11-12-20-45-30(7)8)40(57)49-34(15-13-21-46-42(44)59)39(56)47-32-18-16-31(17-19-32)24-62-43(60)52(10)23-22-51(9)41(58)29(5)6/h16-19,27-30,33-34,37,45H,11-15,20-26H2,1-10H3,(H,47,56)(H,48,53)(H,49,57)(H,50,54)(H3,44,46,59)/t33-,34-,37-/m0/s1. The normalized spacial score (nSPS) is 12.6. The van der Waals surface area contributed by atoms with Gasteiger partial charge >= 0.3 is 12.1 Å². The summed E-state index contributed by atoms with van der Waals surface area (Å²) < 4.78 is 10.8. The molecule has 0 unspecified atom stereocenters. The lowest BCUT2D eigenvalue weighted by atomic mass is 9.97. The largest absolute Gasteiger partial charge is 0.445 e. The van der Waals surface area contributed by atoms with Crippen LogP contribution < -0.4 is 37.6 Å². The zero-order valence-electron chi connectivity index (χ0n) is 38.4. The summed E-state index contributed by atoms with van der Waals surface area (Å²) >= 11 is 0. The second-order valence-electron chi connectivity index (χ2n) is 16.6. The topological polar surface area (TPSA) is 260 Å². The summed E-state index contributed by atoms with van der Waals surface area (Å²) in [5, 5.41) is 16.6. The van der Waals surface area contributed by atoms with Gasteiger partial charge in [-0.15, -0.1) is 0 Å². The van der Waals surface area contributed by atoms with Crippen molar-refractivity contribution in [1.82, 2.24) is 36.4 Å². The lowest BCUT2D eigenvalue weighted by molar-refractivity contribution is -0.136. The summed E-state index contributed by atoms with van der Waals surface area (Å²) in [7, 11) is 3.25. The van der Waals surface area contributed by atoms with Crippen LogP contribution in [0.1, 0.15) is 93.1 Å². The molecule has 0 aliphatic heterocycles. The van der Waals surface area contributed by atoms with Crippen molar-refractivity contribution in [2.24, 2.45) is 23.5 Å². The molecule has 350 valence electrons. The molecule has 0 aliphatic carbocycles. The number of Topliss-reactive ketones (excluding diaryl/α,β-unsaturated/α-hetero) is 1. The highest BCUT2D eigenvalue weighted by atomic mass is 16.6. The maximum Gasteiger partial charge on any atom is 0.409 e. The number of likely N-dealkylation sites (N-methyl/N-ethyl adjacent to an activating group) is 2. The fourth-order valence-corrected chi connectivity index (χ4v) is 5.93. The maximum absolute atomic E-state index is 13.6. The van der Waals surface area contributed by atoms with E-state index in [1.807, 2.05) is 0 Å². The van der Waals surface area contributed by atoms with Gasteiger partial charge in [0.15, 0.2) is 5.78 Å². The number of urea groups is 1. The number of benzene rings is 1. The molecule has 8 amide bonds. The lowest BCUT2D eigenvalue weighted by Crippen LogP contribution is -2.55. The average Bonchev–Trinajstić information content (AvgIpc) is 3.20. The van der Waals surface area contributed by atoms with Crippen LogP contribution >= 0.6 is 0 Å². The van der Waals surface area contributed by atoms with Crippen molar-refractivity contribution in [3.63, 3.8) is 0 Å². The molecule has 1 aromatic rings. The number of rotatable bonds is 29. The monoisotopic (exact) mass is 876 g/mol. The van der Waals surface area contributed by atoms with Crippen molar-refractivity contribution in [3.05, 3.63) is 29.8 Å². The SMILES string of the molecule is CC(C)NCCCC[C@H](NC(=O)COCC(=O)N[C@H](C(=O)N[C@@H](CCCNC(N)=O)C(=O)Nc1ccc(COC(=O)N(C)CCN(C)C(=O)C(C)C)cc1)C(C)C)C(=O)C(C)C. The highest BCUT2D eigenvalue weighted by molar-refractivity contribution is 5.98. The predicted octanol–water partition coefficient (Wildman–Crippen LogP) is 2.28. The minimum atomic E-state index is -1.09. The van der Waals surface area contributed by atoms with E-state index in [2.05, 4.69) is 45.7 Å². The first kappa shape index (κ1) is 54.7. The van der Waals surface area contributed by atoms with E-state index in [1.165, 1.54) is 4.90 Å². The van der Waals surface area contributed by atoms with Crippen molar-refractivity contribution in [3.8, 4) is 0 Å². The van der Waals surface area contributed by atoms with Gasteiger partial charge in [0.25, 0.3) is 0 Å². The minimum Gasteiger partial charge on any atom is -0.445 e. The molecule has 0 bridgehead atoms. The van der Waals surface area contributed by atoms with Gasteiger partial charge < -0.3 is 56.9 Å². The van der Waals surface area contributed by atoms with Crippen LogP contribution in [0.3, 0.4) is 0 Å². The molecular weight excluding hydrogens is 803 g/mol. The Morgan fingerprint density at radius 1 is 0.677 bits per heavy atom. The molecule has 1 aromatic carbocycles. The number of carbonyl (C=O) groups excluding carboxylic acids is 8. The fourth-order valence-electron chi connectivity index (χ4n) is 5.93. The molecule has 19 heteroatoms. The number of carbonyl (C=O) groups is 8. The van der Waals surface area contributed by atoms with Crippen LogP contribution in [-0.2, 0) is 44.8 Å².